The molecule has 0 aliphatic heterocycles. The summed E-state index contributed by atoms with van der Waals surface area (Å²) in [6.07, 6.45) is 1.52. The Labute approximate surface area is 125 Å². The van der Waals surface area contributed by atoms with E-state index in [1.54, 1.807) is 12.1 Å². The molecular formula is C18H22FNO. The number of Topliss-reactive ketones (excluding diaryl/α,β-unsaturated/α-hetero) is 1. The Morgan fingerprint density at radius 2 is 2.00 bits per heavy atom. The van der Waals surface area contributed by atoms with Crippen LogP contribution in [0.5, 0.6) is 0 Å². The van der Waals surface area contributed by atoms with Crippen LogP contribution in [-0.4, -0.2) is 18.0 Å². The second kappa shape index (κ2) is 5.04. The molecule has 0 N–H and O–H groups in total. The van der Waals surface area contributed by atoms with Crippen LogP contribution in [0.15, 0.2) is 29.3 Å². The van der Waals surface area contributed by atoms with E-state index in [-0.39, 0.29) is 11.7 Å². The highest BCUT2D eigenvalue weighted by molar-refractivity contribution is 6.07. The third kappa shape index (κ3) is 2.54. The molecule has 21 heavy (non-hydrogen) atoms. The second-order valence-electron chi connectivity index (χ2n) is 7.00. The Balaban J connectivity index is 1.61. The van der Waals surface area contributed by atoms with E-state index in [9.17, 15) is 9.18 Å². The molecule has 0 radical (unpaired) electrons. The molecule has 0 amide bonds. The summed E-state index contributed by atoms with van der Waals surface area (Å²) in [5.74, 6) is 1.26. The van der Waals surface area contributed by atoms with E-state index >= 15 is 0 Å². The second-order valence-corrected chi connectivity index (χ2v) is 7.00. The lowest BCUT2D eigenvalue weighted by molar-refractivity contribution is -0.120. The molecule has 0 heterocycles. The molecule has 2 fully saturated rings. The SMILES string of the molecule is CC(=NCCc1ccc(F)cc1)C1C(=O)C[C@@H]2[C@H]1C2(C)C. The highest BCUT2D eigenvalue weighted by Crippen LogP contribution is 2.68. The van der Waals surface area contributed by atoms with Gasteiger partial charge in [0.25, 0.3) is 0 Å². The molecule has 2 aliphatic carbocycles. The predicted molar refractivity (Wildman–Crippen MR) is 82.0 cm³/mol. The molecule has 1 aromatic carbocycles. The third-order valence-corrected chi connectivity index (χ3v) is 5.39. The number of carbonyl (C=O) groups excluding carboxylic acids is 1. The Morgan fingerprint density at radius 1 is 1.33 bits per heavy atom. The first-order chi connectivity index (χ1) is 9.91. The molecule has 0 aromatic heterocycles. The standard InChI is InChI=1S/C18H22FNO/c1-11(16-15(21)10-14-17(16)18(14,2)3)20-9-8-12-4-6-13(19)7-5-12/h4-7,14,16-17H,8-10H2,1-3H3/t14-,16?,17-/m1/s1. The van der Waals surface area contributed by atoms with Crippen LogP contribution >= 0.6 is 0 Å². The van der Waals surface area contributed by atoms with E-state index in [0.29, 0.717) is 29.6 Å². The van der Waals surface area contributed by atoms with Gasteiger partial charge < -0.3 is 0 Å². The molecule has 0 saturated heterocycles. The minimum absolute atomic E-state index is 0.0400. The molecular weight excluding hydrogens is 265 g/mol. The van der Waals surface area contributed by atoms with Gasteiger partial charge in [-0.2, -0.15) is 0 Å². The predicted octanol–water partition coefficient (Wildman–Crippen LogP) is 3.69. The highest BCUT2D eigenvalue weighted by Gasteiger charge is 2.67. The first-order valence-electron chi connectivity index (χ1n) is 7.69. The lowest BCUT2D eigenvalue weighted by Gasteiger charge is -2.16. The van der Waals surface area contributed by atoms with Crippen molar-refractivity contribution in [1.82, 2.24) is 0 Å². The fourth-order valence-electron chi connectivity index (χ4n) is 3.99. The average molecular weight is 287 g/mol. The van der Waals surface area contributed by atoms with Gasteiger partial charge in [-0.15, -0.1) is 0 Å². The van der Waals surface area contributed by atoms with Gasteiger partial charge in [-0.05, 0) is 48.3 Å². The molecule has 2 saturated carbocycles. The lowest BCUT2D eigenvalue weighted by atomic mass is 9.89. The molecule has 112 valence electrons. The number of benzene rings is 1. The van der Waals surface area contributed by atoms with Crippen molar-refractivity contribution in [2.45, 2.75) is 33.6 Å². The zero-order valence-electron chi connectivity index (χ0n) is 12.9. The van der Waals surface area contributed by atoms with Gasteiger partial charge in [0.2, 0.25) is 0 Å². The molecule has 3 heteroatoms. The quantitative estimate of drug-likeness (QED) is 0.777. The van der Waals surface area contributed by atoms with Crippen molar-refractivity contribution < 1.29 is 9.18 Å². The highest BCUT2D eigenvalue weighted by atomic mass is 19.1. The van der Waals surface area contributed by atoms with Gasteiger partial charge >= 0.3 is 0 Å². The van der Waals surface area contributed by atoms with Crippen molar-refractivity contribution in [3.63, 3.8) is 0 Å². The van der Waals surface area contributed by atoms with Gasteiger partial charge in [-0.25, -0.2) is 4.39 Å². The maximum Gasteiger partial charge on any atom is 0.142 e. The van der Waals surface area contributed by atoms with E-state index in [2.05, 4.69) is 18.8 Å². The van der Waals surface area contributed by atoms with Gasteiger partial charge in [-0.1, -0.05) is 26.0 Å². The van der Waals surface area contributed by atoms with Crippen LogP contribution in [0.25, 0.3) is 0 Å². The first kappa shape index (κ1) is 14.4. The summed E-state index contributed by atoms with van der Waals surface area (Å²) < 4.78 is 12.8. The summed E-state index contributed by atoms with van der Waals surface area (Å²) in [4.78, 5) is 16.7. The van der Waals surface area contributed by atoms with E-state index in [1.165, 1.54) is 12.1 Å². The van der Waals surface area contributed by atoms with Gasteiger partial charge in [0.15, 0.2) is 0 Å². The normalized spacial score (nSPS) is 30.4. The lowest BCUT2D eigenvalue weighted by Crippen LogP contribution is -2.24. The average Bonchev–Trinajstić information content (AvgIpc) is 2.80. The van der Waals surface area contributed by atoms with Crippen molar-refractivity contribution in [3.05, 3.63) is 35.6 Å². The molecule has 1 unspecified atom stereocenters. The maximum atomic E-state index is 12.8. The number of hydrogen-bond donors (Lipinski definition) is 0. The number of rotatable bonds is 4. The van der Waals surface area contributed by atoms with Crippen LogP contribution in [0.2, 0.25) is 0 Å². The number of aliphatic imine (C=N–C) groups is 1. The van der Waals surface area contributed by atoms with Gasteiger partial charge in [-0.3, -0.25) is 9.79 Å². The van der Waals surface area contributed by atoms with E-state index in [4.69, 9.17) is 0 Å². The molecule has 2 aliphatic rings. The molecule has 1 aromatic rings. The zero-order chi connectivity index (χ0) is 15.2. The summed E-state index contributed by atoms with van der Waals surface area (Å²) in [6.45, 7) is 7.17. The van der Waals surface area contributed by atoms with Crippen LogP contribution < -0.4 is 0 Å². The van der Waals surface area contributed by atoms with Gasteiger partial charge in [0.1, 0.15) is 11.6 Å². The molecule has 3 atom stereocenters. The van der Waals surface area contributed by atoms with Crippen LogP contribution in [-0.2, 0) is 11.2 Å². The van der Waals surface area contributed by atoms with E-state index in [1.807, 2.05) is 6.92 Å². The zero-order valence-corrected chi connectivity index (χ0v) is 12.9. The van der Waals surface area contributed by atoms with Gasteiger partial charge in [0, 0.05) is 18.7 Å². The Morgan fingerprint density at radius 3 is 2.62 bits per heavy atom. The largest absolute Gasteiger partial charge is 0.299 e. The van der Waals surface area contributed by atoms with Gasteiger partial charge in [0.05, 0.1) is 5.92 Å². The van der Waals surface area contributed by atoms with Crippen molar-refractivity contribution in [1.29, 1.82) is 0 Å². The fourth-order valence-corrected chi connectivity index (χ4v) is 3.99. The summed E-state index contributed by atoms with van der Waals surface area (Å²) in [5.41, 5.74) is 2.38. The summed E-state index contributed by atoms with van der Waals surface area (Å²) >= 11 is 0. The number of ketones is 1. The first-order valence-corrected chi connectivity index (χ1v) is 7.69. The van der Waals surface area contributed by atoms with Crippen LogP contribution in [0.3, 0.4) is 0 Å². The van der Waals surface area contributed by atoms with E-state index < -0.39 is 0 Å². The Kier molecular flexibility index (Phi) is 3.46. The number of halogens is 1. The summed E-state index contributed by atoms with van der Waals surface area (Å²) in [5, 5.41) is 0. The molecule has 0 spiro atoms. The fraction of sp³-hybridized carbons (Fsp3) is 0.556. The van der Waals surface area contributed by atoms with Crippen LogP contribution in [0.4, 0.5) is 4.39 Å². The Hall–Kier alpha value is -1.51. The van der Waals surface area contributed by atoms with Crippen molar-refractivity contribution >= 4 is 11.5 Å². The Bertz CT molecular complexity index is 588. The number of fused-ring (bicyclic) bond motifs is 1. The maximum absolute atomic E-state index is 12.8. The van der Waals surface area contributed by atoms with Crippen molar-refractivity contribution in [2.24, 2.45) is 28.2 Å². The number of nitrogens with zero attached hydrogens (tertiary/aromatic N) is 1. The summed E-state index contributed by atoms with van der Waals surface area (Å²) in [6, 6.07) is 6.54. The third-order valence-electron chi connectivity index (χ3n) is 5.39. The minimum Gasteiger partial charge on any atom is -0.299 e. The van der Waals surface area contributed by atoms with Crippen molar-refractivity contribution in [2.75, 3.05) is 6.54 Å². The van der Waals surface area contributed by atoms with Crippen LogP contribution in [0.1, 0.15) is 32.8 Å². The number of carbonyl (C=O) groups is 1. The summed E-state index contributed by atoms with van der Waals surface area (Å²) in [7, 11) is 0. The minimum atomic E-state index is -0.211. The van der Waals surface area contributed by atoms with E-state index in [0.717, 1.165) is 24.1 Å². The molecule has 3 rings (SSSR count). The van der Waals surface area contributed by atoms with Crippen LogP contribution in [0, 0.1) is 29.0 Å². The smallest absolute Gasteiger partial charge is 0.142 e. The number of hydrogen-bond acceptors (Lipinski definition) is 2. The molecule has 2 nitrogen and oxygen atoms in total. The molecule has 0 bridgehead atoms. The van der Waals surface area contributed by atoms with Crippen molar-refractivity contribution in [3.8, 4) is 0 Å². The topological polar surface area (TPSA) is 29.4 Å². The monoisotopic (exact) mass is 287 g/mol.